The number of nitrogen functional groups attached to an aromatic ring is 1. The lowest BCUT2D eigenvalue weighted by atomic mass is 10.1. The van der Waals surface area contributed by atoms with Crippen LogP contribution in [0.3, 0.4) is 0 Å². The van der Waals surface area contributed by atoms with Crippen LogP contribution in [0.4, 0.5) is 18.9 Å². The van der Waals surface area contributed by atoms with E-state index in [9.17, 15) is 22.8 Å². The van der Waals surface area contributed by atoms with E-state index in [-0.39, 0.29) is 11.3 Å². The van der Waals surface area contributed by atoms with Gasteiger partial charge in [-0.15, -0.1) is 0 Å². The van der Waals surface area contributed by atoms with Crippen molar-refractivity contribution in [1.82, 2.24) is 5.32 Å². The van der Waals surface area contributed by atoms with Gasteiger partial charge < -0.3 is 16.2 Å². The Balaban J connectivity index is 2.99. The molecular weight excluding hydrogens is 253 g/mol. The van der Waals surface area contributed by atoms with Crippen LogP contribution in [0.1, 0.15) is 15.9 Å². The number of carbonyl (C=O) groups excluding carboxylic acids is 1. The van der Waals surface area contributed by atoms with E-state index in [1.165, 1.54) is 0 Å². The Morgan fingerprint density at radius 1 is 1.28 bits per heavy atom. The van der Waals surface area contributed by atoms with Gasteiger partial charge in [-0.25, -0.2) is 0 Å². The van der Waals surface area contributed by atoms with Gasteiger partial charge in [0.15, 0.2) is 0 Å². The van der Waals surface area contributed by atoms with Crippen molar-refractivity contribution in [1.29, 1.82) is 0 Å². The summed E-state index contributed by atoms with van der Waals surface area (Å²) in [5, 5.41) is 10.3. The summed E-state index contributed by atoms with van der Waals surface area (Å²) in [4.78, 5) is 21.6. The lowest BCUT2D eigenvalue weighted by Gasteiger charge is -2.10. The minimum atomic E-state index is -4.63. The van der Waals surface area contributed by atoms with E-state index in [1.807, 2.05) is 5.32 Å². The summed E-state index contributed by atoms with van der Waals surface area (Å²) in [6.07, 6.45) is -4.63. The average molecular weight is 262 g/mol. The van der Waals surface area contributed by atoms with Gasteiger partial charge in [0, 0.05) is 11.3 Å². The summed E-state index contributed by atoms with van der Waals surface area (Å²) >= 11 is 0. The molecule has 0 saturated carbocycles. The van der Waals surface area contributed by atoms with E-state index in [0.29, 0.717) is 12.1 Å². The quantitative estimate of drug-likeness (QED) is 0.711. The fraction of sp³-hybridized carbons (Fsp3) is 0.200. The number of carboxylic acid groups (broad SMARTS) is 1. The molecule has 4 N–H and O–H groups in total. The summed E-state index contributed by atoms with van der Waals surface area (Å²) in [5.74, 6) is -2.24. The largest absolute Gasteiger partial charge is 0.480 e. The maximum Gasteiger partial charge on any atom is 0.416 e. The zero-order chi connectivity index (χ0) is 13.9. The molecule has 5 nitrogen and oxygen atoms in total. The average Bonchev–Trinajstić information content (AvgIpc) is 2.23. The number of alkyl halides is 3. The van der Waals surface area contributed by atoms with Gasteiger partial charge in [-0.2, -0.15) is 13.2 Å². The molecule has 98 valence electrons. The molecule has 8 heteroatoms. The molecule has 0 bridgehead atoms. The molecule has 0 saturated heterocycles. The van der Waals surface area contributed by atoms with E-state index >= 15 is 0 Å². The van der Waals surface area contributed by atoms with E-state index in [1.54, 1.807) is 0 Å². The van der Waals surface area contributed by atoms with Gasteiger partial charge in [0.2, 0.25) is 0 Å². The van der Waals surface area contributed by atoms with Gasteiger partial charge in [0.25, 0.3) is 5.91 Å². The van der Waals surface area contributed by atoms with E-state index < -0.39 is 30.2 Å². The van der Waals surface area contributed by atoms with E-state index in [2.05, 4.69) is 0 Å². The third-order valence-corrected chi connectivity index (χ3v) is 1.95. The van der Waals surface area contributed by atoms with Crippen molar-refractivity contribution in [3.63, 3.8) is 0 Å². The Hall–Kier alpha value is -2.25. The lowest BCUT2D eigenvalue weighted by molar-refractivity contribution is -0.138. The Bertz CT molecular complexity index is 486. The normalized spacial score (nSPS) is 11.1. The van der Waals surface area contributed by atoms with Crippen LogP contribution in [-0.2, 0) is 11.0 Å². The van der Waals surface area contributed by atoms with Crippen molar-refractivity contribution < 1.29 is 27.9 Å². The number of hydrogen-bond donors (Lipinski definition) is 3. The number of amides is 1. The van der Waals surface area contributed by atoms with Crippen molar-refractivity contribution in [2.24, 2.45) is 0 Å². The number of nitrogens with one attached hydrogen (secondary N) is 1. The molecule has 0 fully saturated rings. The number of nitrogens with two attached hydrogens (primary N) is 1. The van der Waals surface area contributed by atoms with E-state index in [4.69, 9.17) is 10.8 Å². The molecule has 18 heavy (non-hydrogen) atoms. The minimum absolute atomic E-state index is 0.231. The van der Waals surface area contributed by atoms with Crippen LogP contribution in [0.15, 0.2) is 18.2 Å². The Morgan fingerprint density at radius 2 is 1.89 bits per heavy atom. The van der Waals surface area contributed by atoms with Gasteiger partial charge in [0.1, 0.15) is 6.54 Å². The molecule has 0 aliphatic rings. The van der Waals surface area contributed by atoms with Crippen LogP contribution >= 0.6 is 0 Å². The predicted octanol–water partition coefficient (Wildman–Crippen LogP) is 1.10. The second-order valence-corrected chi connectivity index (χ2v) is 3.42. The standard InChI is InChI=1S/C10H9F3N2O3/c11-10(12,13)6-1-5(2-7(14)3-6)9(18)15-4-8(16)17/h1-3H,4,14H2,(H,15,18)(H,16,17). The van der Waals surface area contributed by atoms with Crippen LogP contribution in [0.2, 0.25) is 0 Å². The molecule has 1 aromatic rings. The molecule has 0 radical (unpaired) electrons. The third-order valence-electron chi connectivity index (χ3n) is 1.95. The highest BCUT2D eigenvalue weighted by Crippen LogP contribution is 2.31. The van der Waals surface area contributed by atoms with Gasteiger partial charge in [-0.05, 0) is 18.2 Å². The van der Waals surface area contributed by atoms with Crippen LogP contribution in [0.5, 0.6) is 0 Å². The Labute approximate surface area is 99.4 Å². The first kappa shape index (κ1) is 13.8. The summed E-state index contributed by atoms with van der Waals surface area (Å²) in [6.45, 7) is -0.686. The fourth-order valence-electron chi connectivity index (χ4n) is 1.20. The number of anilines is 1. The highest BCUT2D eigenvalue weighted by molar-refractivity contribution is 5.96. The Kier molecular flexibility index (Phi) is 3.79. The number of hydrogen-bond acceptors (Lipinski definition) is 3. The molecule has 0 atom stereocenters. The number of aliphatic carboxylic acids is 1. The maximum atomic E-state index is 12.4. The summed E-state index contributed by atoms with van der Waals surface area (Å²) in [7, 11) is 0. The molecule has 1 amide bonds. The number of halogens is 3. The minimum Gasteiger partial charge on any atom is -0.480 e. The predicted molar refractivity (Wildman–Crippen MR) is 55.8 cm³/mol. The lowest BCUT2D eigenvalue weighted by Crippen LogP contribution is -2.29. The van der Waals surface area contributed by atoms with Crippen LogP contribution < -0.4 is 11.1 Å². The first-order valence-electron chi connectivity index (χ1n) is 4.68. The smallest absolute Gasteiger partial charge is 0.416 e. The zero-order valence-electron chi connectivity index (χ0n) is 8.91. The number of carbonyl (C=O) groups is 2. The summed E-state index contributed by atoms with van der Waals surface area (Å²) in [5.41, 5.74) is 3.61. The molecule has 0 aliphatic heterocycles. The number of benzene rings is 1. The first-order valence-corrected chi connectivity index (χ1v) is 4.68. The summed E-state index contributed by atoms with van der Waals surface area (Å²) < 4.78 is 37.3. The van der Waals surface area contributed by atoms with Gasteiger partial charge in [0.05, 0.1) is 5.56 Å². The number of rotatable bonds is 3. The monoisotopic (exact) mass is 262 g/mol. The van der Waals surface area contributed by atoms with Crippen molar-refractivity contribution >= 4 is 17.6 Å². The maximum absolute atomic E-state index is 12.4. The zero-order valence-corrected chi connectivity index (χ0v) is 8.91. The highest BCUT2D eigenvalue weighted by atomic mass is 19.4. The van der Waals surface area contributed by atoms with Crippen LogP contribution in [0.25, 0.3) is 0 Å². The molecular formula is C10H9F3N2O3. The molecule has 1 rings (SSSR count). The molecule has 0 aromatic heterocycles. The molecule has 0 unspecified atom stereocenters. The first-order chi connectivity index (χ1) is 8.20. The molecule has 0 heterocycles. The van der Waals surface area contributed by atoms with Crippen molar-refractivity contribution in [2.75, 3.05) is 12.3 Å². The van der Waals surface area contributed by atoms with Gasteiger partial charge >= 0.3 is 12.1 Å². The second kappa shape index (κ2) is 4.94. The molecule has 0 aliphatic carbocycles. The highest BCUT2D eigenvalue weighted by Gasteiger charge is 2.31. The topological polar surface area (TPSA) is 92.4 Å². The van der Waals surface area contributed by atoms with Crippen LogP contribution in [-0.4, -0.2) is 23.5 Å². The van der Waals surface area contributed by atoms with Gasteiger partial charge in [-0.1, -0.05) is 0 Å². The van der Waals surface area contributed by atoms with Crippen LogP contribution in [0, 0.1) is 0 Å². The molecule has 1 aromatic carbocycles. The van der Waals surface area contributed by atoms with E-state index in [0.717, 1.165) is 6.07 Å². The summed E-state index contributed by atoms with van der Waals surface area (Å²) in [6, 6.07) is 2.33. The number of carboxylic acids is 1. The van der Waals surface area contributed by atoms with Crippen molar-refractivity contribution in [3.05, 3.63) is 29.3 Å². The fourth-order valence-corrected chi connectivity index (χ4v) is 1.20. The SMILES string of the molecule is Nc1cc(C(=O)NCC(=O)O)cc(C(F)(F)F)c1. The van der Waals surface area contributed by atoms with Crippen molar-refractivity contribution in [3.8, 4) is 0 Å². The van der Waals surface area contributed by atoms with Crippen molar-refractivity contribution in [2.45, 2.75) is 6.18 Å². The Morgan fingerprint density at radius 3 is 2.39 bits per heavy atom. The third kappa shape index (κ3) is 3.65. The molecule has 0 spiro atoms. The van der Waals surface area contributed by atoms with Gasteiger partial charge in [-0.3, -0.25) is 9.59 Å². The second-order valence-electron chi connectivity index (χ2n) is 3.42.